The molecule has 0 aliphatic carbocycles. The maximum atomic E-state index is 11.4. The Morgan fingerprint density at radius 3 is 2.80 bits per heavy atom. The van der Waals surface area contributed by atoms with Crippen LogP contribution in [0.1, 0.15) is 18.4 Å². The maximum absolute atomic E-state index is 11.4. The lowest BCUT2D eigenvalue weighted by atomic mass is 10.3. The molecule has 0 aromatic carbocycles. The number of urea groups is 1. The highest BCUT2D eigenvalue weighted by molar-refractivity contribution is 6.31. The van der Waals surface area contributed by atoms with E-state index in [-0.39, 0.29) is 19.0 Å². The van der Waals surface area contributed by atoms with Crippen molar-refractivity contribution in [3.8, 4) is 5.88 Å². The molecule has 0 bridgehead atoms. The number of carboxylic acids is 1. The predicted molar refractivity (Wildman–Crippen MR) is 72.9 cm³/mol. The fourth-order valence-electron chi connectivity index (χ4n) is 1.40. The standard InChI is InChI=1S/C12H16ClN3O4/c1-20-11-9(13)5-8(6-15-11)7-16-12(19)14-4-2-3-10(17)18/h5-6H,2-4,7H2,1H3,(H,17,18)(H2,14,16,19). The lowest BCUT2D eigenvalue weighted by Crippen LogP contribution is -2.35. The van der Waals surface area contributed by atoms with Crippen molar-refractivity contribution in [3.63, 3.8) is 0 Å². The quantitative estimate of drug-likeness (QED) is 0.661. The van der Waals surface area contributed by atoms with Crippen molar-refractivity contribution in [2.24, 2.45) is 0 Å². The van der Waals surface area contributed by atoms with E-state index in [9.17, 15) is 9.59 Å². The molecule has 0 saturated heterocycles. The van der Waals surface area contributed by atoms with E-state index in [4.69, 9.17) is 21.4 Å². The first-order valence-corrected chi connectivity index (χ1v) is 6.32. The SMILES string of the molecule is COc1ncc(CNC(=O)NCCCC(=O)O)cc1Cl. The van der Waals surface area contributed by atoms with Crippen LogP contribution in [-0.4, -0.2) is 35.7 Å². The van der Waals surface area contributed by atoms with Crippen molar-refractivity contribution in [1.29, 1.82) is 0 Å². The van der Waals surface area contributed by atoms with Crippen LogP contribution in [0.25, 0.3) is 0 Å². The molecule has 0 radical (unpaired) electrons. The van der Waals surface area contributed by atoms with Crippen molar-refractivity contribution in [2.75, 3.05) is 13.7 Å². The number of nitrogens with one attached hydrogen (secondary N) is 2. The Bertz CT molecular complexity index is 482. The first-order chi connectivity index (χ1) is 9.52. The molecule has 110 valence electrons. The minimum Gasteiger partial charge on any atom is -0.481 e. The van der Waals surface area contributed by atoms with Crippen LogP contribution < -0.4 is 15.4 Å². The second kappa shape index (κ2) is 8.21. The number of halogens is 1. The summed E-state index contributed by atoms with van der Waals surface area (Å²) in [7, 11) is 1.47. The molecule has 0 aliphatic rings. The lowest BCUT2D eigenvalue weighted by molar-refractivity contribution is -0.137. The number of hydrogen-bond acceptors (Lipinski definition) is 4. The van der Waals surface area contributed by atoms with E-state index < -0.39 is 5.97 Å². The summed E-state index contributed by atoms with van der Waals surface area (Å²) in [4.78, 5) is 25.7. The van der Waals surface area contributed by atoms with Crippen LogP contribution in [0, 0.1) is 0 Å². The first-order valence-electron chi connectivity index (χ1n) is 5.95. The van der Waals surface area contributed by atoms with E-state index in [1.807, 2.05) is 0 Å². The van der Waals surface area contributed by atoms with Crippen molar-refractivity contribution in [3.05, 3.63) is 22.8 Å². The molecule has 2 amide bonds. The summed E-state index contributed by atoms with van der Waals surface area (Å²) in [5.41, 5.74) is 0.733. The number of carbonyl (C=O) groups excluding carboxylic acids is 1. The highest BCUT2D eigenvalue weighted by atomic mass is 35.5. The Kier molecular flexibility index (Phi) is 6.58. The number of aliphatic carboxylic acids is 1. The predicted octanol–water partition coefficient (Wildman–Crippen LogP) is 1.41. The van der Waals surface area contributed by atoms with Gasteiger partial charge in [-0.2, -0.15) is 0 Å². The summed E-state index contributed by atoms with van der Waals surface area (Å²) < 4.78 is 4.92. The molecule has 7 nitrogen and oxygen atoms in total. The Hall–Kier alpha value is -2.02. The molecular formula is C12H16ClN3O4. The van der Waals surface area contributed by atoms with Gasteiger partial charge in [-0.1, -0.05) is 11.6 Å². The van der Waals surface area contributed by atoms with E-state index in [1.165, 1.54) is 7.11 Å². The van der Waals surface area contributed by atoms with Crippen LogP contribution in [0.4, 0.5) is 4.79 Å². The molecule has 0 spiro atoms. The molecular weight excluding hydrogens is 286 g/mol. The molecule has 0 fully saturated rings. The van der Waals surface area contributed by atoms with Crippen molar-refractivity contribution in [2.45, 2.75) is 19.4 Å². The highest BCUT2D eigenvalue weighted by Gasteiger charge is 2.05. The van der Waals surface area contributed by atoms with Gasteiger partial charge >= 0.3 is 12.0 Å². The van der Waals surface area contributed by atoms with E-state index >= 15 is 0 Å². The number of amides is 2. The lowest BCUT2D eigenvalue weighted by Gasteiger charge is -2.08. The smallest absolute Gasteiger partial charge is 0.315 e. The number of ether oxygens (including phenoxy) is 1. The van der Waals surface area contributed by atoms with Gasteiger partial charge in [0, 0.05) is 25.7 Å². The van der Waals surface area contributed by atoms with Crippen molar-refractivity contribution in [1.82, 2.24) is 15.6 Å². The average molecular weight is 302 g/mol. The van der Waals surface area contributed by atoms with Gasteiger partial charge in [-0.05, 0) is 18.1 Å². The van der Waals surface area contributed by atoms with Gasteiger partial charge in [0.05, 0.1) is 7.11 Å². The number of pyridine rings is 1. The minimum atomic E-state index is -0.883. The number of methoxy groups -OCH3 is 1. The van der Waals surface area contributed by atoms with Gasteiger partial charge in [-0.15, -0.1) is 0 Å². The van der Waals surface area contributed by atoms with Crippen molar-refractivity contribution >= 4 is 23.6 Å². The summed E-state index contributed by atoms with van der Waals surface area (Å²) in [5, 5.41) is 14.0. The highest BCUT2D eigenvalue weighted by Crippen LogP contribution is 2.21. The van der Waals surface area contributed by atoms with Gasteiger partial charge in [-0.25, -0.2) is 9.78 Å². The molecule has 1 heterocycles. The minimum absolute atomic E-state index is 0.0261. The summed E-state index contributed by atoms with van der Waals surface area (Å²) in [6.45, 7) is 0.571. The van der Waals surface area contributed by atoms with Gasteiger partial charge in [0.2, 0.25) is 5.88 Å². The van der Waals surface area contributed by atoms with Crippen LogP contribution in [0.2, 0.25) is 5.02 Å². The normalized spacial score (nSPS) is 9.90. The summed E-state index contributed by atoms with van der Waals surface area (Å²) >= 11 is 5.91. The Morgan fingerprint density at radius 1 is 1.45 bits per heavy atom. The monoisotopic (exact) mass is 301 g/mol. The number of carboxylic acid groups (broad SMARTS) is 1. The molecule has 0 unspecified atom stereocenters. The van der Waals surface area contributed by atoms with E-state index in [2.05, 4.69) is 15.6 Å². The number of carbonyl (C=O) groups is 2. The van der Waals surface area contributed by atoms with Crippen molar-refractivity contribution < 1.29 is 19.4 Å². The molecule has 8 heteroatoms. The number of rotatable bonds is 7. The van der Waals surface area contributed by atoms with Crippen LogP contribution in [-0.2, 0) is 11.3 Å². The Balaban J connectivity index is 2.30. The number of aromatic nitrogens is 1. The zero-order valence-electron chi connectivity index (χ0n) is 11.0. The fourth-order valence-corrected chi connectivity index (χ4v) is 1.66. The number of hydrogen-bond donors (Lipinski definition) is 3. The van der Waals surface area contributed by atoms with Crippen LogP contribution in [0.3, 0.4) is 0 Å². The molecule has 1 aromatic heterocycles. The average Bonchev–Trinajstić information content (AvgIpc) is 2.41. The second-order valence-corrected chi connectivity index (χ2v) is 4.35. The van der Waals surface area contributed by atoms with E-state index in [0.29, 0.717) is 23.9 Å². The van der Waals surface area contributed by atoms with E-state index in [1.54, 1.807) is 12.3 Å². The summed E-state index contributed by atoms with van der Waals surface area (Å²) in [6, 6.07) is 1.28. The summed E-state index contributed by atoms with van der Waals surface area (Å²) in [5.74, 6) is -0.556. The zero-order valence-corrected chi connectivity index (χ0v) is 11.7. The molecule has 0 atom stereocenters. The topological polar surface area (TPSA) is 101 Å². The maximum Gasteiger partial charge on any atom is 0.315 e. The second-order valence-electron chi connectivity index (χ2n) is 3.94. The number of nitrogens with zero attached hydrogens (tertiary/aromatic N) is 1. The first kappa shape index (κ1) is 16.0. The third-order valence-corrected chi connectivity index (χ3v) is 2.63. The van der Waals surface area contributed by atoms with Gasteiger partial charge < -0.3 is 20.5 Å². The molecule has 0 saturated carbocycles. The van der Waals surface area contributed by atoms with Gasteiger partial charge in [0.15, 0.2) is 0 Å². The molecule has 20 heavy (non-hydrogen) atoms. The third kappa shape index (κ3) is 5.75. The Labute approximate surface area is 121 Å². The van der Waals surface area contributed by atoms with Crippen LogP contribution in [0.5, 0.6) is 5.88 Å². The van der Waals surface area contributed by atoms with Crippen LogP contribution in [0.15, 0.2) is 12.3 Å². The van der Waals surface area contributed by atoms with Gasteiger partial charge in [0.1, 0.15) is 5.02 Å². The molecule has 1 rings (SSSR count). The molecule has 1 aromatic rings. The van der Waals surface area contributed by atoms with E-state index in [0.717, 1.165) is 5.56 Å². The molecule has 0 aliphatic heterocycles. The largest absolute Gasteiger partial charge is 0.481 e. The summed E-state index contributed by atoms with van der Waals surface area (Å²) in [6.07, 6.45) is 1.96. The Morgan fingerprint density at radius 2 is 2.20 bits per heavy atom. The van der Waals surface area contributed by atoms with Crippen LogP contribution >= 0.6 is 11.6 Å². The molecule has 3 N–H and O–H groups in total. The zero-order chi connectivity index (χ0) is 15.0. The van der Waals surface area contributed by atoms with Gasteiger partial charge in [0.25, 0.3) is 0 Å². The fraction of sp³-hybridized carbons (Fsp3) is 0.417. The van der Waals surface area contributed by atoms with Gasteiger partial charge in [-0.3, -0.25) is 4.79 Å². The third-order valence-electron chi connectivity index (χ3n) is 2.36.